The van der Waals surface area contributed by atoms with Gasteiger partial charge in [0, 0.05) is 49.1 Å². The minimum atomic E-state index is 0.717. The summed E-state index contributed by atoms with van der Waals surface area (Å²) >= 11 is 1.74. The monoisotopic (exact) mass is 668 g/mol. The van der Waals surface area contributed by atoms with Gasteiger partial charge in [-0.05, 0) is 65.7 Å². The predicted octanol–water partition coefficient (Wildman–Crippen LogP) is 12.4. The number of aromatic nitrogens is 4. The van der Waals surface area contributed by atoms with Gasteiger partial charge in [-0.2, -0.15) is 0 Å². The molecule has 0 saturated carbocycles. The molecule has 0 saturated heterocycles. The van der Waals surface area contributed by atoms with Gasteiger partial charge in [0.2, 0.25) is 0 Å². The van der Waals surface area contributed by atoms with Crippen molar-refractivity contribution >= 4 is 75.3 Å². The van der Waals surface area contributed by atoms with Gasteiger partial charge in [-0.1, -0.05) is 109 Å². The number of para-hydroxylation sites is 4. The second-order valence-electron chi connectivity index (χ2n) is 13.0. The Morgan fingerprint density at radius 2 is 1.06 bits per heavy atom. The molecule has 11 rings (SSSR count). The summed E-state index contributed by atoms with van der Waals surface area (Å²) in [6.45, 7) is 0. The molecule has 0 atom stereocenters. The molecular weight excluding hydrogens is 641 g/mol. The van der Waals surface area contributed by atoms with Crippen LogP contribution in [-0.2, 0) is 0 Å². The Morgan fingerprint density at radius 3 is 1.80 bits per heavy atom. The van der Waals surface area contributed by atoms with Crippen molar-refractivity contribution in [3.8, 4) is 33.9 Å². The van der Waals surface area contributed by atoms with Gasteiger partial charge in [0.15, 0.2) is 5.82 Å². The third-order valence-corrected chi connectivity index (χ3v) is 11.3. The fourth-order valence-corrected chi connectivity index (χ4v) is 8.91. The topological polar surface area (TPSA) is 35.6 Å². The summed E-state index contributed by atoms with van der Waals surface area (Å²) < 4.78 is 7.03. The molecular formula is C46H28N4S. The van der Waals surface area contributed by atoms with Crippen molar-refractivity contribution in [2.24, 2.45) is 0 Å². The van der Waals surface area contributed by atoms with Crippen LogP contribution in [0.25, 0.3) is 97.8 Å². The van der Waals surface area contributed by atoms with Crippen LogP contribution < -0.4 is 0 Å². The summed E-state index contributed by atoms with van der Waals surface area (Å²) in [5.74, 6) is 0.717. The first-order valence-corrected chi connectivity index (χ1v) is 18.0. The summed E-state index contributed by atoms with van der Waals surface area (Å²) in [6.07, 6.45) is 2.00. The number of thiophene rings is 1. The van der Waals surface area contributed by atoms with Crippen molar-refractivity contribution in [3.05, 3.63) is 170 Å². The standard InChI is InChI=1S/C46H28N4S/c1-2-12-29(13-3-1)30-22-24-35-34-16-4-8-18-38(34)49(42(35)26-30)31-23-25-43-37(27-31)45-44(51-43)28-47-46(48-45)36-17-7-11-21-41(36)50-39-19-9-5-14-32(39)33-15-6-10-20-40(33)50/h1-28H. The number of benzene rings is 7. The summed E-state index contributed by atoms with van der Waals surface area (Å²) in [7, 11) is 0. The van der Waals surface area contributed by atoms with Gasteiger partial charge in [0.05, 0.1) is 38.0 Å². The molecule has 4 nitrogen and oxygen atoms in total. The minimum absolute atomic E-state index is 0.717. The van der Waals surface area contributed by atoms with E-state index >= 15 is 0 Å². The average Bonchev–Trinajstić information content (AvgIpc) is 3.85. The van der Waals surface area contributed by atoms with Crippen LogP contribution in [0.1, 0.15) is 0 Å². The lowest BCUT2D eigenvalue weighted by Gasteiger charge is -2.13. The molecule has 0 aliphatic rings. The highest BCUT2D eigenvalue weighted by molar-refractivity contribution is 7.25. The van der Waals surface area contributed by atoms with E-state index in [0.717, 1.165) is 38.4 Å². The maximum atomic E-state index is 5.34. The van der Waals surface area contributed by atoms with E-state index in [1.807, 2.05) is 6.20 Å². The first-order chi connectivity index (χ1) is 25.3. The van der Waals surface area contributed by atoms with E-state index in [9.17, 15) is 0 Å². The second-order valence-corrected chi connectivity index (χ2v) is 14.1. The van der Waals surface area contributed by atoms with Gasteiger partial charge < -0.3 is 9.13 Å². The molecule has 0 spiro atoms. The zero-order chi connectivity index (χ0) is 33.5. The Labute approximate surface area is 297 Å². The molecule has 4 heterocycles. The number of hydrogen-bond acceptors (Lipinski definition) is 3. The van der Waals surface area contributed by atoms with Crippen molar-refractivity contribution in [1.29, 1.82) is 0 Å². The molecule has 0 radical (unpaired) electrons. The zero-order valence-electron chi connectivity index (χ0n) is 27.4. The lowest BCUT2D eigenvalue weighted by molar-refractivity contribution is 1.15. The lowest BCUT2D eigenvalue weighted by Crippen LogP contribution is -1.99. The van der Waals surface area contributed by atoms with Crippen LogP contribution >= 0.6 is 11.3 Å². The molecule has 0 unspecified atom stereocenters. The second kappa shape index (κ2) is 11.0. The summed E-state index contributed by atoms with van der Waals surface area (Å²) in [6, 6.07) is 58.7. The Kier molecular flexibility index (Phi) is 6.09. The molecule has 0 N–H and O–H groups in total. The average molecular weight is 669 g/mol. The molecule has 0 aliphatic carbocycles. The smallest absolute Gasteiger partial charge is 0.161 e. The van der Waals surface area contributed by atoms with Crippen LogP contribution in [-0.4, -0.2) is 19.1 Å². The molecule has 4 aromatic heterocycles. The van der Waals surface area contributed by atoms with Crippen molar-refractivity contribution in [3.63, 3.8) is 0 Å². The molecule has 0 fully saturated rings. The van der Waals surface area contributed by atoms with Crippen molar-refractivity contribution < 1.29 is 0 Å². The van der Waals surface area contributed by atoms with Crippen LogP contribution in [0, 0.1) is 0 Å². The number of rotatable bonds is 4. The normalized spacial score (nSPS) is 11.9. The molecule has 51 heavy (non-hydrogen) atoms. The number of nitrogens with zero attached hydrogens (tertiary/aromatic N) is 4. The van der Waals surface area contributed by atoms with Crippen molar-refractivity contribution in [2.75, 3.05) is 0 Å². The van der Waals surface area contributed by atoms with E-state index in [0.29, 0.717) is 0 Å². The largest absolute Gasteiger partial charge is 0.309 e. The van der Waals surface area contributed by atoms with Gasteiger partial charge in [-0.25, -0.2) is 9.97 Å². The first kappa shape index (κ1) is 28.3. The molecule has 11 aromatic rings. The Morgan fingerprint density at radius 1 is 0.431 bits per heavy atom. The highest BCUT2D eigenvalue weighted by atomic mass is 32.1. The Hall–Kier alpha value is -6.56. The van der Waals surface area contributed by atoms with E-state index in [1.165, 1.54) is 59.4 Å². The van der Waals surface area contributed by atoms with E-state index in [2.05, 4.69) is 173 Å². The first-order valence-electron chi connectivity index (χ1n) is 17.2. The van der Waals surface area contributed by atoms with Crippen molar-refractivity contribution in [1.82, 2.24) is 19.1 Å². The van der Waals surface area contributed by atoms with Crippen LogP contribution in [0.2, 0.25) is 0 Å². The Balaban J connectivity index is 1.12. The summed E-state index contributed by atoms with van der Waals surface area (Å²) in [5, 5.41) is 6.09. The SMILES string of the molecule is c1ccc(-c2ccc3c4ccccc4n(-c4ccc5sc6cnc(-c7ccccc7-n7c8ccccc8c8ccccc87)nc6c5c4)c3c2)cc1. The zero-order valence-corrected chi connectivity index (χ0v) is 28.2. The van der Waals surface area contributed by atoms with Gasteiger partial charge >= 0.3 is 0 Å². The fraction of sp³-hybridized carbons (Fsp3) is 0. The fourth-order valence-electron chi connectivity index (χ4n) is 7.92. The molecule has 5 heteroatoms. The van der Waals surface area contributed by atoms with Gasteiger partial charge in [-0.15, -0.1) is 11.3 Å². The van der Waals surface area contributed by atoms with Crippen LogP contribution in [0.3, 0.4) is 0 Å². The molecule has 238 valence electrons. The maximum absolute atomic E-state index is 5.34. The third-order valence-electron chi connectivity index (χ3n) is 10.2. The summed E-state index contributed by atoms with van der Waals surface area (Å²) in [4.78, 5) is 10.3. The molecule has 0 amide bonds. The maximum Gasteiger partial charge on any atom is 0.161 e. The molecule has 0 aliphatic heterocycles. The van der Waals surface area contributed by atoms with Gasteiger partial charge in [-0.3, -0.25) is 0 Å². The Bertz CT molecular complexity index is 3090. The molecule has 0 bridgehead atoms. The number of fused-ring (bicyclic) bond motifs is 9. The predicted molar refractivity (Wildman–Crippen MR) is 214 cm³/mol. The minimum Gasteiger partial charge on any atom is -0.309 e. The van der Waals surface area contributed by atoms with E-state index < -0.39 is 0 Å². The summed E-state index contributed by atoms with van der Waals surface area (Å²) in [5.41, 5.74) is 11.3. The van der Waals surface area contributed by atoms with Crippen LogP contribution in [0.4, 0.5) is 0 Å². The van der Waals surface area contributed by atoms with Gasteiger partial charge in [0.25, 0.3) is 0 Å². The highest BCUT2D eigenvalue weighted by Crippen LogP contribution is 2.40. The van der Waals surface area contributed by atoms with E-state index in [1.54, 1.807) is 11.3 Å². The lowest BCUT2D eigenvalue weighted by atomic mass is 10.0. The van der Waals surface area contributed by atoms with Gasteiger partial charge in [0.1, 0.15) is 0 Å². The number of hydrogen-bond donors (Lipinski definition) is 0. The van der Waals surface area contributed by atoms with Crippen molar-refractivity contribution in [2.45, 2.75) is 0 Å². The quantitative estimate of drug-likeness (QED) is 0.187. The van der Waals surface area contributed by atoms with E-state index in [-0.39, 0.29) is 0 Å². The van der Waals surface area contributed by atoms with Crippen LogP contribution in [0.15, 0.2) is 170 Å². The van der Waals surface area contributed by atoms with Crippen LogP contribution in [0.5, 0.6) is 0 Å². The molecule has 7 aromatic carbocycles. The highest BCUT2D eigenvalue weighted by Gasteiger charge is 2.19. The van der Waals surface area contributed by atoms with E-state index in [4.69, 9.17) is 9.97 Å². The third kappa shape index (κ3) is 4.25.